The standard InChI is InChI=1S/C18H14N4O3S2/c1-10(2)26-18-21-17(27-22-18)20-16(24)11(8-19)7-12-9-25-14-6-4-3-5-13(14)15(12)23/h3-7,9-10H,1-2H3,(H,20,21,22,24). The molecule has 1 aromatic carbocycles. The number of para-hydroxylation sites is 1. The van der Waals surface area contributed by atoms with Crippen molar-refractivity contribution in [1.82, 2.24) is 9.36 Å². The Morgan fingerprint density at radius 2 is 2.19 bits per heavy atom. The highest BCUT2D eigenvalue weighted by molar-refractivity contribution is 7.99. The summed E-state index contributed by atoms with van der Waals surface area (Å²) >= 11 is 2.50. The van der Waals surface area contributed by atoms with E-state index in [4.69, 9.17) is 4.42 Å². The van der Waals surface area contributed by atoms with Crippen LogP contribution in [0.25, 0.3) is 17.0 Å². The fourth-order valence-corrected chi connectivity index (χ4v) is 3.56. The van der Waals surface area contributed by atoms with Crippen LogP contribution in [0.15, 0.2) is 50.5 Å². The number of nitriles is 1. The number of carbonyl (C=O) groups is 1. The summed E-state index contributed by atoms with van der Waals surface area (Å²) in [5.74, 6) is -0.665. The van der Waals surface area contributed by atoms with Crippen molar-refractivity contribution in [2.24, 2.45) is 0 Å². The van der Waals surface area contributed by atoms with Gasteiger partial charge < -0.3 is 4.42 Å². The first-order valence-electron chi connectivity index (χ1n) is 7.92. The molecule has 0 radical (unpaired) electrons. The number of rotatable bonds is 5. The van der Waals surface area contributed by atoms with Gasteiger partial charge in [-0.05, 0) is 18.2 Å². The van der Waals surface area contributed by atoms with Gasteiger partial charge in [-0.25, -0.2) is 0 Å². The SMILES string of the molecule is CC(C)Sc1nsc(NC(=O)C(C#N)=Cc2coc3ccccc3c2=O)n1. The number of nitrogens with zero attached hydrogens (tertiary/aromatic N) is 3. The predicted molar refractivity (Wildman–Crippen MR) is 106 cm³/mol. The molecule has 0 saturated carbocycles. The summed E-state index contributed by atoms with van der Waals surface area (Å²) in [5, 5.41) is 13.4. The molecule has 0 bridgehead atoms. The Kier molecular flexibility index (Phi) is 5.69. The molecule has 0 spiro atoms. The minimum absolute atomic E-state index is 0.119. The number of hydrogen-bond acceptors (Lipinski definition) is 8. The van der Waals surface area contributed by atoms with Crippen LogP contribution in [0.4, 0.5) is 5.13 Å². The summed E-state index contributed by atoms with van der Waals surface area (Å²) in [6.07, 6.45) is 2.44. The molecule has 3 aromatic rings. The van der Waals surface area contributed by atoms with Crippen LogP contribution in [0.3, 0.4) is 0 Å². The zero-order valence-corrected chi connectivity index (χ0v) is 16.1. The number of nitrogens with one attached hydrogen (secondary N) is 1. The van der Waals surface area contributed by atoms with Gasteiger partial charge in [0.25, 0.3) is 5.91 Å². The van der Waals surface area contributed by atoms with Crippen molar-refractivity contribution in [2.45, 2.75) is 24.3 Å². The lowest BCUT2D eigenvalue weighted by atomic mass is 10.1. The molecule has 7 nitrogen and oxygen atoms in total. The van der Waals surface area contributed by atoms with Crippen LogP contribution in [0.1, 0.15) is 19.4 Å². The second kappa shape index (κ2) is 8.16. The van der Waals surface area contributed by atoms with Crippen molar-refractivity contribution in [3.05, 3.63) is 51.9 Å². The third-order valence-electron chi connectivity index (χ3n) is 3.34. The van der Waals surface area contributed by atoms with E-state index in [0.717, 1.165) is 11.5 Å². The quantitative estimate of drug-likeness (QED) is 0.396. The van der Waals surface area contributed by atoms with Crippen LogP contribution in [-0.2, 0) is 4.79 Å². The van der Waals surface area contributed by atoms with E-state index in [1.54, 1.807) is 30.3 Å². The first-order valence-corrected chi connectivity index (χ1v) is 9.57. The van der Waals surface area contributed by atoms with E-state index in [-0.39, 0.29) is 21.7 Å². The van der Waals surface area contributed by atoms with Crippen molar-refractivity contribution in [1.29, 1.82) is 5.26 Å². The Balaban J connectivity index is 1.85. The van der Waals surface area contributed by atoms with E-state index in [0.29, 0.717) is 21.4 Å². The molecular formula is C18H14N4O3S2. The molecule has 0 aliphatic carbocycles. The number of benzene rings is 1. The molecule has 136 valence electrons. The molecule has 0 fully saturated rings. The number of fused-ring (bicyclic) bond motifs is 1. The minimum atomic E-state index is -0.665. The Morgan fingerprint density at radius 3 is 2.93 bits per heavy atom. The third kappa shape index (κ3) is 4.42. The maximum atomic E-state index is 12.5. The lowest BCUT2D eigenvalue weighted by molar-refractivity contribution is -0.112. The van der Waals surface area contributed by atoms with Gasteiger partial charge in [-0.1, -0.05) is 37.7 Å². The van der Waals surface area contributed by atoms with E-state index in [9.17, 15) is 14.9 Å². The van der Waals surface area contributed by atoms with Crippen molar-refractivity contribution >= 4 is 51.4 Å². The van der Waals surface area contributed by atoms with Crippen LogP contribution < -0.4 is 10.7 Å². The fraction of sp³-hybridized carbons (Fsp3) is 0.167. The van der Waals surface area contributed by atoms with E-state index in [2.05, 4.69) is 14.7 Å². The molecule has 0 aliphatic heterocycles. The van der Waals surface area contributed by atoms with Crippen LogP contribution in [-0.4, -0.2) is 20.5 Å². The summed E-state index contributed by atoms with van der Waals surface area (Å²) in [6, 6.07) is 8.57. The van der Waals surface area contributed by atoms with Crippen LogP contribution in [0.2, 0.25) is 0 Å². The van der Waals surface area contributed by atoms with Crippen LogP contribution >= 0.6 is 23.3 Å². The van der Waals surface area contributed by atoms with Gasteiger partial charge >= 0.3 is 0 Å². The van der Waals surface area contributed by atoms with Crippen molar-refractivity contribution in [2.75, 3.05) is 5.32 Å². The molecule has 1 N–H and O–H groups in total. The molecule has 1 amide bonds. The lowest BCUT2D eigenvalue weighted by Gasteiger charge is -2.01. The van der Waals surface area contributed by atoms with Gasteiger partial charge in [0.1, 0.15) is 23.5 Å². The Bertz CT molecular complexity index is 1130. The van der Waals surface area contributed by atoms with Crippen molar-refractivity contribution in [3.8, 4) is 6.07 Å². The number of hydrogen-bond donors (Lipinski definition) is 1. The van der Waals surface area contributed by atoms with Crippen LogP contribution in [0.5, 0.6) is 0 Å². The van der Waals surface area contributed by atoms with Gasteiger partial charge in [0.15, 0.2) is 5.43 Å². The topological polar surface area (TPSA) is 109 Å². The summed E-state index contributed by atoms with van der Waals surface area (Å²) in [4.78, 5) is 29.0. The van der Waals surface area contributed by atoms with Gasteiger partial charge in [0, 0.05) is 16.8 Å². The zero-order valence-electron chi connectivity index (χ0n) is 14.4. The Labute approximate surface area is 162 Å². The van der Waals surface area contributed by atoms with Gasteiger partial charge in [-0.15, -0.1) is 0 Å². The highest BCUT2D eigenvalue weighted by Crippen LogP contribution is 2.24. The van der Waals surface area contributed by atoms with Gasteiger partial charge in [-0.3, -0.25) is 14.9 Å². The monoisotopic (exact) mass is 398 g/mol. The minimum Gasteiger partial charge on any atom is -0.463 e. The van der Waals surface area contributed by atoms with Crippen molar-refractivity contribution < 1.29 is 9.21 Å². The predicted octanol–water partition coefficient (Wildman–Crippen LogP) is 3.69. The van der Waals surface area contributed by atoms with E-state index in [1.165, 1.54) is 24.1 Å². The molecule has 2 aromatic heterocycles. The first kappa shape index (κ1) is 18.8. The molecule has 2 heterocycles. The second-order valence-corrected chi connectivity index (χ2v) is 7.98. The summed E-state index contributed by atoms with van der Waals surface area (Å²) in [6.45, 7) is 4.02. The number of aromatic nitrogens is 2. The largest absolute Gasteiger partial charge is 0.463 e. The average Bonchev–Trinajstić information content (AvgIpc) is 3.07. The third-order valence-corrected chi connectivity index (χ3v) is 4.95. The van der Waals surface area contributed by atoms with E-state index >= 15 is 0 Å². The second-order valence-electron chi connectivity index (χ2n) is 5.69. The van der Waals surface area contributed by atoms with Crippen molar-refractivity contribution in [3.63, 3.8) is 0 Å². The first-order chi connectivity index (χ1) is 13.0. The number of anilines is 1. The molecule has 0 atom stereocenters. The molecule has 9 heteroatoms. The average molecular weight is 398 g/mol. The molecule has 0 unspecified atom stereocenters. The highest BCUT2D eigenvalue weighted by atomic mass is 32.2. The van der Waals surface area contributed by atoms with E-state index in [1.807, 2.05) is 13.8 Å². The number of thioether (sulfide) groups is 1. The number of amides is 1. The Hall–Kier alpha value is -2.96. The van der Waals surface area contributed by atoms with Gasteiger partial charge in [0.05, 0.1) is 10.9 Å². The summed E-state index contributed by atoms with van der Waals surface area (Å²) in [7, 11) is 0. The molecule has 0 aliphatic rings. The lowest BCUT2D eigenvalue weighted by Crippen LogP contribution is -2.14. The molecule has 27 heavy (non-hydrogen) atoms. The van der Waals surface area contributed by atoms with Gasteiger partial charge in [0.2, 0.25) is 10.3 Å². The Morgan fingerprint density at radius 1 is 1.41 bits per heavy atom. The fourth-order valence-electron chi connectivity index (χ4n) is 2.18. The van der Waals surface area contributed by atoms with E-state index < -0.39 is 5.91 Å². The maximum Gasteiger partial charge on any atom is 0.268 e. The zero-order chi connectivity index (χ0) is 19.4. The summed E-state index contributed by atoms with van der Waals surface area (Å²) in [5.41, 5.74) is 0.00939. The van der Waals surface area contributed by atoms with Gasteiger partial charge in [-0.2, -0.15) is 14.6 Å². The smallest absolute Gasteiger partial charge is 0.268 e. The molecule has 3 rings (SSSR count). The van der Waals surface area contributed by atoms with Crippen LogP contribution in [0, 0.1) is 11.3 Å². The number of carbonyl (C=O) groups excluding carboxylic acids is 1. The maximum absolute atomic E-state index is 12.5. The highest BCUT2D eigenvalue weighted by Gasteiger charge is 2.15. The molecular weight excluding hydrogens is 384 g/mol. The molecule has 0 saturated heterocycles. The summed E-state index contributed by atoms with van der Waals surface area (Å²) < 4.78 is 9.54. The normalized spacial score (nSPS) is 11.6.